The molecule has 4 amide bonds. The Morgan fingerprint density at radius 3 is 2.17 bits per heavy atom. The summed E-state index contributed by atoms with van der Waals surface area (Å²) in [5.74, 6) is -0.126. The molecule has 0 radical (unpaired) electrons. The number of fused-ring (bicyclic) bond motifs is 8. The zero-order chi connectivity index (χ0) is 55.5. The van der Waals surface area contributed by atoms with Gasteiger partial charge in [0.25, 0.3) is 21.9 Å². The summed E-state index contributed by atoms with van der Waals surface area (Å²) in [5, 5.41) is 4.10. The number of aliphatic imine (C=N–C) groups is 1. The smallest absolute Gasteiger partial charge is 0.279 e. The van der Waals surface area contributed by atoms with Crippen LogP contribution in [0.2, 0.25) is 0 Å². The summed E-state index contributed by atoms with van der Waals surface area (Å²) in [4.78, 5) is 76.3. The third-order valence-corrected chi connectivity index (χ3v) is 19.8. The largest absolute Gasteiger partial charge is 0.493 e. The topological polar surface area (TPSA) is 199 Å². The highest BCUT2D eigenvalue weighted by Gasteiger charge is 2.39. The van der Waals surface area contributed by atoms with Crippen LogP contribution in [0.5, 0.6) is 17.2 Å². The Hall–Kier alpha value is -6.67. The molecule has 0 bridgehead atoms. The van der Waals surface area contributed by atoms with Crippen LogP contribution in [0.3, 0.4) is 0 Å². The van der Waals surface area contributed by atoms with E-state index in [1.807, 2.05) is 110 Å². The van der Waals surface area contributed by atoms with Gasteiger partial charge in [0.1, 0.15) is 24.7 Å². The summed E-state index contributed by atoms with van der Waals surface area (Å²) in [7, 11) is 2.82. The van der Waals surface area contributed by atoms with E-state index in [2.05, 4.69) is 20.9 Å². The lowest BCUT2D eigenvalue weighted by molar-refractivity contribution is -0.125. The summed E-state index contributed by atoms with van der Waals surface area (Å²) >= 11 is 0. The van der Waals surface area contributed by atoms with Gasteiger partial charge in [0, 0.05) is 83.7 Å². The van der Waals surface area contributed by atoms with Crippen molar-refractivity contribution in [2.75, 3.05) is 42.1 Å². The van der Waals surface area contributed by atoms with Crippen LogP contribution < -0.4 is 34.6 Å². The number of hydrogen-bond acceptors (Lipinski definition) is 14. The minimum Gasteiger partial charge on any atom is -0.493 e. The number of nitrogens with zero attached hydrogens (tertiary/aromatic N) is 3. The number of Topliss-reactive ketones (excluding diaryl/α,β-unsaturated/α-hetero) is 1. The molecule has 0 aliphatic carbocycles. The lowest BCUT2D eigenvalue weighted by atomic mass is 9.97. The predicted octanol–water partition coefficient (Wildman–Crippen LogP) is 9.92. The van der Waals surface area contributed by atoms with Gasteiger partial charge in [-0.2, -0.15) is 8.42 Å². The molecule has 2 N–H and O–H groups in total. The second-order valence-electron chi connectivity index (χ2n) is 20.8. The molecule has 410 valence electrons. The third kappa shape index (κ3) is 12.3. The molecule has 0 aromatic heterocycles. The average Bonchev–Trinajstić information content (AvgIpc) is 4.09. The number of amides is 4. The van der Waals surface area contributed by atoms with E-state index < -0.39 is 27.2 Å². The Kier molecular flexibility index (Phi) is 17.1. The Bertz CT molecular complexity index is 3310. The molecule has 78 heavy (non-hydrogen) atoms. The first kappa shape index (κ1) is 56.1. The SMILES string of the molecule is CNC(=O)C(CCSSC(C)(C)CCC(=O)C[C@@H](C)C(=O)Nc1cc(COc2cc3c(cc2C)C(=O)N2c4ccccc4C[C@H]2C=N3)cc(COc2cc3c(cc2OC)C(=O)N2c4ccccc4C[C@H]2CC3)c1)S(=O)(=O)OC. The van der Waals surface area contributed by atoms with Gasteiger partial charge in [-0.15, -0.1) is 0 Å². The summed E-state index contributed by atoms with van der Waals surface area (Å²) < 4.78 is 47.7. The summed E-state index contributed by atoms with van der Waals surface area (Å²) in [6, 6.07) is 28.7. The third-order valence-electron chi connectivity index (χ3n) is 14.8. The number of carbonyl (C=O) groups is 5. The van der Waals surface area contributed by atoms with Crippen molar-refractivity contribution >= 4 is 90.1 Å². The molecule has 4 aliphatic heterocycles. The number of benzene rings is 5. The van der Waals surface area contributed by atoms with E-state index in [1.165, 1.54) is 34.2 Å². The van der Waals surface area contributed by atoms with E-state index in [9.17, 15) is 32.4 Å². The minimum absolute atomic E-state index is 0.0143. The highest BCUT2D eigenvalue weighted by molar-refractivity contribution is 8.77. The molecule has 4 aliphatic rings. The highest BCUT2D eigenvalue weighted by Crippen LogP contribution is 2.43. The van der Waals surface area contributed by atoms with Crippen LogP contribution in [0.4, 0.5) is 22.7 Å². The number of anilines is 3. The number of methoxy groups -OCH3 is 1. The lowest BCUT2D eigenvalue weighted by Gasteiger charge is -2.23. The number of rotatable bonds is 22. The van der Waals surface area contributed by atoms with Crippen LogP contribution in [0.15, 0.2) is 96.0 Å². The van der Waals surface area contributed by atoms with Gasteiger partial charge < -0.3 is 29.7 Å². The van der Waals surface area contributed by atoms with Crippen molar-refractivity contribution in [1.82, 2.24) is 5.32 Å². The molecule has 9 rings (SSSR count). The van der Waals surface area contributed by atoms with E-state index in [-0.39, 0.29) is 72.8 Å². The van der Waals surface area contributed by atoms with Crippen molar-refractivity contribution in [3.05, 3.63) is 136 Å². The van der Waals surface area contributed by atoms with Gasteiger partial charge >= 0.3 is 0 Å². The monoisotopic (exact) mass is 1120 g/mol. The first-order valence-corrected chi connectivity index (χ1v) is 29.9. The normalized spacial score (nSPS) is 17.1. The molecule has 4 atom stereocenters. The van der Waals surface area contributed by atoms with Crippen molar-refractivity contribution < 1.29 is 50.8 Å². The maximum Gasteiger partial charge on any atom is 0.279 e. The molecular weight excluding hydrogens is 1050 g/mol. The zero-order valence-electron chi connectivity index (χ0n) is 44.9. The Morgan fingerprint density at radius 2 is 1.47 bits per heavy atom. The standard InChI is InChI=1S/C59H65N5O11S3/c1-35-23-47-48(61-32-44-28-41-13-9-11-15-50(41)64(44)58(47)69)31-51(35)74-33-37-24-38(34-75-53-29-39-16-17-43-27-40-12-8-10-14-49(40)63(43)57(68)46(39)30-52(53)72-6)26-42(25-37)62-55(66)36(2)22-45(65)18-20-59(3,4)77-76-21-19-54(56(67)60-5)78(70,71)73-7/h8-15,23-26,29-32,36,43-44,54H,16-22,27-28,33-34H2,1-7H3,(H,60,67)(H,62,66)/t36-,43-,44+,54?/m1/s1. The average molecular weight is 1120 g/mol. The Balaban J connectivity index is 0.889. The number of ether oxygens (including phenoxy) is 3. The van der Waals surface area contributed by atoms with Crippen LogP contribution in [0.25, 0.3) is 0 Å². The van der Waals surface area contributed by atoms with E-state index in [1.54, 1.807) is 26.2 Å². The maximum absolute atomic E-state index is 14.2. The fourth-order valence-corrected chi connectivity index (χ4v) is 14.4. The minimum atomic E-state index is -4.06. The number of aryl methyl sites for hydroxylation is 2. The molecule has 0 spiro atoms. The molecule has 0 saturated carbocycles. The second-order valence-corrected chi connectivity index (χ2v) is 25.8. The number of nitrogens with one attached hydrogen (secondary N) is 2. The van der Waals surface area contributed by atoms with Gasteiger partial charge in [0.05, 0.1) is 31.5 Å². The van der Waals surface area contributed by atoms with E-state index in [0.717, 1.165) is 48.0 Å². The summed E-state index contributed by atoms with van der Waals surface area (Å²) in [5.41, 5.74) is 9.20. The van der Waals surface area contributed by atoms with Gasteiger partial charge in [-0.25, -0.2) is 0 Å². The fraction of sp³-hybridized carbons (Fsp3) is 0.390. The van der Waals surface area contributed by atoms with Gasteiger partial charge in [-0.3, -0.25) is 38.0 Å². The van der Waals surface area contributed by atoms with Crippen LogP contribution in [-0.2, 0) is 61.2 Å². The van der Waals surface area contributed by atoms with Crippen molar-refractivity contribution in [1.29, 1.82) is 0 Å². The lowest BCUT2D eigenvalue weighted by Crippen LogP contribution is -2.39. The summed E-state index contributed by atoms with van der Waals surface area (Å²) in [6.45, 7) is 7.74. The first-order valence-electron chi connectivity index (χ1n) is 26.1. The molecule has 0 fully saturated rings. The quantitative estimate of drug-likeness (QED) is 0.0377. The van der Waals surface area contributed by atoms with Gasteiger partial charge in [-0.1, -0.05) is 64.9 Å². The number of carbonyl (C=O) groups excluding carboxylic acids is 5. The van der Waals surface area contributed by atoms with Gasteiger partial charge in [0.2, 0.25) is 11.8 Å². The van der Waals surface area contributed by atoms with Crippen LogP contribution in [-0.4, -0.2) is 93.1 Å². The molecular formula is C59H65N5O11S3. The first-order chi connectivity index (χ1) is 37.4. The van der Waals surface area contributed by atoms with Crippen molar-refractivity contribution in [2.45, 2.75) is 114 Å². The highest BCUT2D eigenvalue weighted by atomic mass is 33.1. The van der Waals surface area contributed by atoms with Gasteiger partial charge in [0.15, 0.2) is 16.7 Å². The molecule has 5 aromatic carbocycles. The summed E-state index contributed by atoms with van der Waals surface area (Å²) in [6.07, 6.45) is 5.59. The van der Waals surface area contributed by atoms with Crippen molar-refractivity contribution in [2.24, 2.45) is 10.9 Å². The van der Waals surface area contributed by atoms with Crippen molar-refractivity contribution in [3.63, 3.8) is 0 Å². The molecule has 1 unspecified atom stereocenters. The van der Waals surface area contributed by atoms with E-state index in [4.69, 9.17) is 19.2 Å². The van der Waals surface area contributed by atoms with E-state index >= 15 is 0 Å². The van der Waals surface area contributed by atoms with Crippen molar-refractivity contribution in [3.8, 4) is 17.2 Å². The molecule has 16 nitrogen and oxygen atoms in total. The molecule has 4 heterocycles. The van der Waals surface area contributed by atoms with Crippen LogP contribution in [0, 0.1) is 12.8 Å². The predicted molar refractivity (Wildman–Crippen MR) is 306 cm³/mol. The van der Waals surface area contributed by atoms with Crippen LogP contribution in [0.1, 0.15) is 107 Å². The zero-order valence-corrected chi connectivity index (χ0v) is 47.3. The Morgan fingerprint density at radius 1 is 0.808 bits per heavy atom. The molecule has 0 saturated heterocycles. The van der Waals surface area contributed by atoms with E-state index in [0.29, 0.717) is 75.9 Å². The number of para-hydroxylation sites is 2. The molecule has 5 aromatic rings. The number of hydrogen-bond donors (Lipinski definition) is 2. The Labute approximate surface area is 463 Å². The van der Waals surface area contributed by atoms with Crippen LogP contribution >= 0.6 is 21.6 Å². The maximum atomic E-state index is 14.2. The number of ketones is 1. The second kappa shape index (κ2) is 23.7. The van der Waals surface area contributed by atoms with Gasteiger partial charge in [-0.05, 0) is 135 Å². The fourth-order valence-electron chi connectivity index (χ4n) is 10.5. The molecule has 19 heteroatoms.